The number of carbonyl (C=O) groups is 3. The molecule has 1 saturated heterocycles. The minimum absolute atomic E-state index is 0.0423. The van der Waals surface area contributed by atoms with Crippen molar-refractivity contribution in [3.05, 3.63) is 29.8 Å². The normalized spacial score (nSPS) is 32.7. The van der Waals surface area contributed by atoms with Gasteiger partial charge in [0, 0.05) is 18.4 Å². The summed E-state index contributed by atoms with van der Waals surface area (Å²) >= 11 is 0. The molecule has 1 aromatic rings. The maximum Gasteiger partial charge on any atom is 0.414 e. The molecule has 25 heavy (non-hydrogen) atoms. The van der Waals surface area contributed by atoms with Gasteiger partial charge in [0.15, 0.2) is 5.60 Å². The SMILES string of the molecule is CCC[C@]12OC(=O)[C@@H]3CC(=O)CC[C@@]31N(C(=O)OC)c1ccccc12. The molecule has 3 aliphatic rings. The van der Waals surface area contributed by atoms with Gasteiger partial charge < -0.3 is 9.47 Å². The topological polar surface area (TPSA) is 72.9 Å². The van der Waals surface area contributed by atoms with Crippen molar-refractivity contribution in [1.29, 1.82) is 0 Å². The van der Waals surface area contributed by atoms with E-state index >= 15 is 0 Å². The first kappa shape index (κ1) is 16.1. The lowest BCUT2D eigenvalue weighted by molar-refractivity contribution is -0.153. The molecule has 1 aromatic carbocycles. The van der Waals surface area contributed by atoms with E-state index in [0.29, 0.717) is 19.3 Å². The first-order chi connectivity index (χ1) is 12.0. The number of ether oxygens (including phenoxy) is 2. The Morgan fingerprint density at radius 1 is 1.36 bits per heavy atom. The standard InChI is InChI=1S/C19H21NO5/c1-3-9-19-13-6-4-5-7-15(13)20(17(23)24-2)18(19)10-8-12(21)11-14(18)16(22)25-19/h4-7,14H,3,8-11H2,1-2H3/t14-,18+,19+/m0/s1. The number of benzene rings is 1. The zero-order valence-electron chi connectivity index (χ0n) is 14.4. The second-order valence-corrected chi connectivity index (χ2v) is 7.04. The van der Waals surface area contributed by atoms with E-state index in [1.807, 2.05) is 31.2 Å². The minimum atomic E-state index is -0.908. The highest BCUT2D eigenvalue weighted by molar-refractivity contribution is 6.00. The number of hydrogen-bond acceptors (Lipinski definition) is 5. The summed E-state index contributed by atoms with van der Waals surface area (Å²) < 4.78 is 11.1. The van der Waals surface area contributed by atoms with Crippen molar-refractivity contribution in [1.82, 2.24) is 0 Å². The van der Waals surface area contributed by atoms with Crippen LogP contribution in [0.1, 0.15) is 44.6 Å². The average Bonchev–Trinajstić information content (AvgIpc) is 2.98. The Kier molecular flexibility index (Phi) is 3.42. The number of methoxy groups -OCH3 is 1. The average molecular weight is 343 g/mol. The van der Waals surface area contributed by atoms with E-state index in [9.17, 15) is 14.4 Å². The van der Waals surface area contributed by atoms with Crippen LogP contribution in [-0.2, 0) is 24.7 Å². The smallest absolute Gasteiger partial charge is 0.414 e. The molecular formula is C19H21NO5. The molecule has 1 amide bonds. The number of amides is 1. The van der Waals surface area contributed by atoms with Crippen LogP contribution in [0.2, 0.25) is 0 Å². The number of para-hydroxylation sites is 1. The lowest BCUT2D eigenvalue weighted by Crippen LogP contribution is -2.63. The number of esters is 1. The predicted octanol–water partition coefficient (Wildman–Crippen LogP) is 2.93. The number of fused-ring (bicyclic) bond motifs is 2. The summed E-state index contributed by atoms with van der Waals surface area (Å²) in [5.74, 6) is -0.989. The molecule has 0 aromatic heterocycles. The lowest BCUT2D eigenvalue weighted by Gasteiger charge is -2.46. The summed E-state index contributed by atoms with van der Waals surface area (Å²) in [7, 11) is 1.34. The minimum Gasteiger partial charge on any atom is -0.452 e. The van der Waals surface area contributed by atoms with Crippen LogP contribution >= 0.6 is 0 Å². The first-order valence-electron chi connectivity index (χ1n) is 8.74. The molecular weight excluding hydrogens is 322 g/mol. The summed E-state index contributed by atoms with van der Waals surface area (Å²) in [5, 5.41) is 0. The van der Waals surface area contributed by atoms with Gasteiger partial charge in [-0.3, -0.25) is 14.5 Å². The second kappa shape index (κ2) is 5.31. The van der Waals surface area contributed by atoms with E-state index < -0.39 is 23.2 Å². The maximum atomic E-state index is 12.8. The molecule has 6 nitrogen and oxygen atoms in total. The number of anilines is 1. The molecule has 2 fully saturated rings. The Morgan fingerprint density at radius 2 is 2.12 bits per heavy atom. The Morgan fingerprint density at radius 3 is 2.84 bits per heavy atom. The zero-order valence-corrected chi connectivity index (χ0v) is 14.4. The zero-order chi connectivity index (χ0) is 17.8. The Hall–Kier alpha value is -2.37. The molecule has 1 saturated carbocycles. The Balaban J connectivity index is 2.02. The summed E-state index contributed by atoms with van der Waals surface area (Å²) in [6, 6.07) is 7.52. The summed E-state index contributed by atoms with van der Waals surface area (Å²) in [6.45, 7) is 2.03. The Bertz CT molecular complexity index is 775. The highest BCUT2D eigenvalue weighted by atomic mass is 16.6. The van der Waals surface area contributed by atoms with Gasteiger partial charge in [0.1, 0.15) is 11.3 Å². The number of nitrogens with zero attached hydrogens (tertiary/aromatic N) is 1. The summed E-state index contributed by atoms with van der Waals surface area (Å²) in [5.41, 5.74) is -0.234. The molecule has 4 rings (SSSR count). The van der Waals surface area contributed by atoms with Gasteiger partial charge in [0.05, 0.1) is 18.7 Å². The van der Waals surface area contributed by atoms with Gasteiger partial charge in [-0.2, -0.15) is 0 Å². The molecule has 2 heterocycles. The van der Waals surface area contributed by atoms with E-state index in [0.717, 1.165) is 17.7 Å². The number of Topliss-reactive ketones (excluding diaryl/α,β-unsaturated/α-hetero) is 1. The summed E-state index contributed by atoms with van der Waals surface area (Å²) in [4.78, 5) is 39.2. The third-order valence-corrected chi connectivity index (χ3v) is 5.99. The molecule has 2 aliphatic heterocycles. The highest BCUT2D eigenvalue weighted by Crippen LogP contribution is 2.65. The van der Waals surface area contributed by atoms with E-state index in [2.05, 4.69) is 0 Å². The molecule has 0 radical (unpaired) electrons. The first-order valence-corrected chi connectivity index (χ1v) is 8.74. The van der Waals surface area contributed by atoms with Crippen molar-refractivity contribution in [2.45, 2.75) is 50.2 Å². The van der Waals surface area contributed by atoms with Crippen molar-refractivity contribution < 1.29 is 23.9 Å². The molecule has 1 aliphatic carbocycles. The third kappa shape index (κ3) is 1.77. The van der Waals surface area contributed by atoms with E-state index in [1.54, 1.807) is 4.90 Å². The van der Waals surface area contributed by atoms with Crippen LogP contribution in [0.25, 0.3) is 0 Å². The van der Waals surface area contributed by atoms with Crippen molar-refractivity contribution >= 4 is 23.5 Å². The fourth-order valence-electron chi connectivity index (χ4n) is 5.16. The molecule has 132 valence electrons. The van der Waals surface area contributed by atoms with Crippen LogP contribution in [0.15, 0.2) is 24.3 Å². The molecule has 1 spiro atoms. The van der Waals surface area contributed by atoms with Crippen LogP contribution in [0, 0.1) is 5.92 Å². The number of rotatable bonds is 2. The molecule has 0 N–H and O–H groups in total. The lowest BCUT2D eigenvalue weighted by atomic mass is 9.63. The van der Waals surface area contributed by atoms with Crippen LogP contribution in [-0.4, -0.2) is 30.5 Å². The monoisotopic (exact) mass is 343 g/mol. The quantitative estimate of drug-likeness (QED) is 0.772. The summed E-state index contributed by atoms with van der Waals surface area (Å²) in [6.07, 6.45) is 1.74. The fourth-order valence-corrected chi connectivity index (χ4v) is 5.16. The van der Waals surface area contributed by atoms with Gasteiger partial charge in [-0.05, 0) is 18.9 Å². The van der Waals surface area contributed by atoms with Crippen LogP contribution in [0.4, 0.5) is 10.5 Å². The highest BCUT2D eigenvalue weighted by Gasteiger charge is 2.75. The van der Waals surface area contributed by atoms with Gasteiger partial charge in [-0.15, -0.1) is 0 Å². The second-order valence-electron chi connectivity index (χ2n) is 7.04. The van der Waals surface area contributed by atoms with Crippen LogP contribution in [0.3, 0.4) is 0 Å². The van der Waals surface area contributed by atoms with Gasteiger partial charge >= 0.3 is 12.1 Å². The van der Waals surface area contributed by atoms with Crippen molar-refractivity contribution in [2.75, 3.05) is 12.0 Å². The molecule has 0 unspecified atom stereocenters. The molecule has 3 atom stereocenters. The maximum absolute atomic E-state index is 12.8. The number of carbonyl (C=O) groups excluding carboxylic acids is 3. The fraction of sp³-hybridized carbons (Fsp3) is 0.526. The number of hydrogen-bond donors (Lipinski definition) is 0. The molecule has 6 heteroatoms. The van der Waals surface area contributed by atoms with Crippen LogP contribution in [0.5, 0.6) is 0 Å². The molecule has 0 bridgehead atoms. The van der Waals surface area contributed by atoms with Gasteiger partial charge in [-0.25, -0.2) is 4.79 Å². The Labute approximate surface area is 146 Å². The van der Waals surface area contributed by atoms with Crippen molar-refractivity contribution in [3.8, 4) is 0 Å². The van der Waals surface area contributed by atoms with Crippen molar-refractivity contribution in [3.63, 3.8) is 0 Å². The van der Waals surface area contributed by atoms with Gasteiger partial charge in [0.25, 0.3) is 0 Å². The van der Waals surface area contributed by atoms with E-state index in [4.69, 9.17) is 9.47 Å². The van der Waals surface area contributed by atoms with Gasteiger partial charge in [-0.1, -0.05) is 31.5 Å². The number of ketones is 1. The van der Waals surface area contributed by atoms with Crippen LogP contribution < -0.4 is 4.90 Å². The predicted molar refractivity (Wildman–Crippen MR) is 89.1 cm³/mol. The van der Waals surface area contributed by atoms with E-state index in [1.165, 1.54) is 7.11 Å². The van der Waals surface area contributed by atoms with E-state index in [-0.39, 0.29) is 18.2 Å². The third-order valence-electron chi connectivity index (χ3n) is 5.99. The largest absolute Gasteiger partial charge is 0.452 e. The van der Waals surface area contributed by atoms with Gasteiger partial charge in [0.2, 0.25) is 0 Å². The van der Waals surface area contributed by atoms with Crippen molar-refractivity contribution in [2.24, 2.45) is 5.92 Å².